The van der Waals surface area contributed by atoms with Crippen LogP contribution in [0.15, 0.2) is 57.1 Å². The lowest BCUT2D eigenvalue weighted by Crippen LogP contribution is -2.71. The Morgan fingerprint density at radius 1 is 1.23 bits per heavy atom. The number of pyridine rings is 1. The molecule has 248 valence electrons. The van der Waals surface area contributed by atoms with Crippen LogP contribution < -0.4 is 15.6 Å². The monoisotopic (exact) mass is 730 g/mol. The molecule has 1 fully saturated rings. The number of hydrogen-bond donors (Lipinski definition) is 4. The quantitative estimate of drug-likeness (QED) is 0.0719. The molecule has 2 aliphatic heterocycles. The lowest BCUT2D eigenvalue weighted by atomic mass is 10.0. The zero-order chi connectivity index (χ0) is 34.3. The number of carbonyl (C=O) groups is 4. The lowest BCUT2D eigenvalue weighted by molar-refractivity contribution is -0.671. The predicted octanol–water partition coefficient (Wildman–Crippen LogP) is 0.721. The van der Waals surface area contributed by atoms with E-state index in [-0.39, 0.29) is 22.4 Å². The fourth-order valence-electron chi connectivity index (χ4n) is 4.37. The molecule has 0 aliphatic carbocycles. The van der Waals surface area contributed by atoms with Crippen LogP contribution in [-0.2, 0) is 31.1 Å². The van der Waals surface area contributed by atoms with Gasteiger partial charge in [-0.25, -0.2) is 19.1 Å². The number of oxime groups is 1. The van der Waals surface area contributed by atoms with E-state index in [1.807, 2.05) is 36.1 Å². The number of anilines is 1. The van der Waals surface area contributed by atoms with Crippen LogP contribution in [0.1, 0.15) is 19.7 Å². The minimum Gasteiger partial charge on any atom is -0.478 e. The minimum atomic E-state index is -1.80. The summed E-state index contributed by atoms with van der Waals surface area (Å²) in [4.78, 5) is 69.9. The second-order valence-electron chi connectivity index (χ2n) is 10.6. The first-order valence-corrected chi connectivity index (χ1v) is 17.1. The largest absolute Gasteiger partial charge is 0.478 e. The second-order valence-corrected chi connectivity index (χ2v) is 14.6. The first kappa shape index (κ1) is 33.0. The standard InChI is InChI=1S/C26H23N11O7S4/c1-26(2,22(42)43)44-32-14(17-30-23(27)47-33-17)18(38)29-15-19(39)37-16(21(40)41)13(9-45-20(15)37)46-25-31-24(34-48-25)36-8-12(28-10-36)11-5-4-6-35(3)7-11/h4-8,10,15,20H,9H2,1-3H3,(H4-,27,29,30,33,38,40,41,42,43)/p+1/b32-14+/t15-,20?/m1/s1. The number of imidazole rings is 1. The van der Waals surface area contributed by atoms with Crippen molar-refractivity contribution < 1.29 is 38.8 Å². The van der Waals surface area contributed by atoms with Gasteiger partial charge in [0.1, 0.15) is 30.5 Å². The number of aromatic nitrogens is 7. The van der Waals surface area contributed by atoms with Gasteiger partial charge < -0.3 is 26.1 Å². The third-order valence-corrected chi connectivity index (χ3v) is 10.7. The normalized spacial score (nSPS) is 17.9. The molecule has 2 amide bonds. The average molecular weight is 731 g/mol. The topological polar surface area (TPSA) is 245 Å². The van der Waals surface area contributed by atoms with Crippen molar-refractivity contribution >= 4 is 81.2 Å². The molecule has 0 spiro atoms. The Morgan fingerprint density at radius 2 is 2.02 bits per heavy atom. The molecule has 2 atom stereocenters. The Balaban J connectivity index is 1.18. The lowest BCUT2D eigenvalue weighted by Gasteiger charge is -2.49. The Kier molecular flexibility index (Phi) is 8.89. The van der Waals surface area contributed by atoms with E-state index in [4.69, 9.17) is 10.6 Å². The number of thioether (sulfide) groups is 2. The molecule has 0 aromatic carbocycles. The SMILES string of the molecule is C[n+]1cccc(-c2cn(-c3nsc(SC4=C(C(=O)O)N5C(=O)[C@@H](NC(=O)/C(=N/OC(C)(C)C(=O)O)c6nsc(N)n6)C5SC4)n3)cn2)c1. The highest BCUT2D eigenvalue weighted by Gasteiger charge is 2.55. The van der Waals surface area contributed by atoms with E-state index < -0.39 is 46.5 Å². The minimum absolute atomic E-state index is 0.0109. The molecule has 22 heteroatoms. The molecule has 1 unspecified atom stereocenters. The maximum atomic E-state index is 13.3. The molecule has 0 radical (unpaired) electrons. The van der Waals surface area contributed by atoms with Crippen molar-refractivity contribution in [2.45, 2.75) is 35.2 Å². The van der Waals surface area contributed by atoms with E-state index in [1.165, 1.54) is 25.6 Å². The van der Waals surface area contributed by atoms with Gasteiger partial charge in [0.15, 0.2) is 21.9 Å². The number of carboxylic acid groups (broad SMARTS) is 2. The highest BCUT2D eigenvalue weighted by Crippen LogP contribution is 2.45. The van der Waals surface area contributed by atoms with Crippen molar-refractivity contribution in [3.05, 3.63) is 53.5 Å². The van der Waals surface area contributed by atoms with Crippen LogP contribution in [0.3, 0.4) is 0 Å². The van der Waals surface area contributed by atoms with Gasteiger partial charge in [0.25, 0.3) is 11.8 Å². The summed E-state index contributed by atoms with van der Waals surface area (Å²) in [6.07, 6.45) is 7.22. The number of carbonyl (C=O) groups excluding carboxylic acids is 2. The Hall–Kier alpha value is -4.93. The van der Waals surface area contributed by atoms with Gasteiger partial charge >= 0.3 is 11.9 Å². The number of aryl methyl sites for hydroxylation is 1. The van der Waals surface area contributed by atoms with Crippen LogP contribution in [-0.4, -0.2) is 95.6 Å². The number of amides is 2. The van der Waals surface area contributed by atoms with Gasteiger partial charge in [0, 0.05) is 34.5 Å². The van der Waals surface area contributed by atoms with Crippen molar-refractivity contribution in [3.63, 3.8) is 0 Å². The van der Waals surface area contributed by atoms with Crippen LogP contribution >= 0.6 is 46.6 Å². The molecule has 2 aliphatic rings. The molecule has 6 rings (SSSR count). The Labute approximate surface area is 287 Å². The van der Waals surface area contributed by atoms with E-state index in [1.54, 1.807) is 17.1 Å². The maximum absolute atomic E-state index is 13.3. The third-order valence-electron chi connectivity index (χ3n) is 6.83. The first-order chi connectivity index (χ1) is 22.8. The van der Waals surface area contributed by atoms with E-state index in [0.29, 0.717) is 15.2 Å². The molecule has 1 saturated heterocycles. The highest BCUT2D eigenvalue weighted by molar-refractivity contribution is 8.07. The molecule has 0 bridgehead atoms. The van der Waals surface area contributed by atoms with Crippen LogP contribution in [0, 0.1) is 0 Å². The second kappa shape index (κ2) is 12.9. The van der Waals surface area contributed by atoms with Crippen LogP contribution in [0.5, 0.6) is 0 Å². The number of hydrogen-bond acceptors (Lipinski definition) is 16. The van der Waals surface area contributed by atoms with Crippen LogP contribution in [0.2, 0.25) is 0 Å². The van der Waals surface area contributed by atoms with E-state index in [2.05, 4.69) is 34.2 Å². The van der Waals surface area contributed by atoms with Crippen LogP contribution in [0.4, 0.5) is 5.13 Å². The number of nitrogen functional groups attached to an aromatic ring is 1. The first-order valence-electron chi connectivity index (χ1n) is 13.6. The summed E-state index contributed by atoms with van der Waals surface area (Å²) in [6, 6.07) is 2.71. The van der Waals surface area contributed by atoms with Gasteiger partial charge in [-0.3, -0.25) is 19.1 Å². The Bertz CT molecular complexity index is 2020. The fourth-order valence-corrected chi connectivity index (χ4v) is 8.04. The summed E-state index contributed by atoms with van der Waals surface area (Å²) in [5.41, 5.74) is 4.74. The molecule has 5 N–H and O–H groups in total. The van der Waals surface area contributed by atoms with Crippen molar-refractivity contribution in [2.75, 3.05) is 11.5 Å². The number of nitrogens with one attached hydrogen (secondary N) is 1. The molecule has 4 aromatic heterocycles. The van der Waals surface area contributed by atoms with Gasteiger partial charge in [0.05, 0.1) is 11.3 Å². The molecule has 4 aromatic rings. The zero-order valence-electron chi connectivity index (χ0n) is 25.0. The molecular weight excluding hydrogens is 707 g/mol. The number of nitrogens with zero attached hydrogens (tertiary/aromatic N) is 9. The number of nitrogens with two attached hydrogens (primary N) is 1. The number of β-lactam (4-membered cyclic amide) rings is 1. The molecule has 18 nitrogen and oxygen atoms in total. The maximum Gasteiger partial charge on any atom is 0.353 e. The van der Waals surface area contributed by atoms with Gasteiger partial charge in [-0.2, -0.15) is 18.7 Å². The van der Waals surface area contributed by atoms with Crippen molar-refractivity contribution in [1.29, 1.82) is 0 Å². The molecule has 0 saturated carbocycles. The van der Waals surface area contributed by atoms with Crippen molar-refractivity contribution in [1.82, 2.24) is 38.5 Å². The summed E-state index contributed by atoms with van der Waals surface area (Å²) in [7, 11) is 1.91. The van der Waals surface area contributed by atoms with E-state index in [0.717, 1.165) is 51.0 Å². The summed E-state index contributed by atoms with van der Waals surface area (Å²) >= 11 is 4.17. The fraction of sp³-hybridized carbons (Fsp3) is 0.269. The summed E-state index contributed by atoms with van der Waals surface area (Å²) in [5, 5.41) is 24.9. The van der Waals surface area contributed by atoms with Gasteiger partial charge in [-0.05, 0) is 31.4 Å². The van der Waals surface area contributed by atoms with E-state index in [9.17, 15) is 29.4 Å². The predicted molar refractivity (Wildman–Crippen MR) is 173 cm³/mol. The van der Waals surface area contributed by atoms with E-state index >= 15 is 0 Å². The molecular formula is C26H24N11O7S4+. The van der Waals surface area contributed by atoms with Crippen molar-refractivity contribution in [3.8, 4) is 17.2 Å². The zero-order valence-corrected chi connectivity index (χ0v) is 28.3. The van der Waals surface area contributed by atoms with Gasteiger partial charge in [-0.1, -0.05) is 16.9 Å². The molecule has 48 heavy (non-hydrogen) atoms. The number of carboxylic acids is 2. The highest BCUT2D eigenvalue weighted by atomic mass is 32.2. The smallest absolute Gasteiger partial charge is 0.353 e. The van der Waals surface area contributed by atoms with Crippen LogP contribution in [0.25, 0.3) is 17.2 Å². The van der Waals surface area contributed by atoms with Gasteiger partial charge in [-0.15, -0.1) is 11.8 Å². The summed E-state index contributed by atoms with van der Waals surface area (Å²) in [5.74, 6) is -3.98. The van der Waals surface area contributed by atoms with Crippen molar-refractivity contribution in [2.24, 2.45) is 12.2 Å². The third kappa shape index (κ3) is 6.46. The van der Waals surface area contributed by atoms with Gasteiger partial charge in [0.2, 0.25) is 23.1 Å². The summed E-state index contributed by atoms with van der Waals surface area (Å²) < 4.78 is 12.4. The molecule has 6 heterocycles. The average Bonchev–Trinajstić information content (AvgIpc) is 3.81. The number of fused-ring (bicyclic) bond motifs is 1. The number of aliphatic carboxylic acids is 2. The Morgan fingerprint density at radius 3 is 2.71 bits per heavy atom. The number of rotatable bonds is 11. The summed E-state index contributed by atoms with van der Waals surface area (Å²) in [6.45, 7) is 2.45.